The Morgan fingerprint density at radius 1 is 1.16 bits per heavy atom. The lowest BCUT2D eigenvalue weighted by atomic mass is 9.98. The molecule has 2 nitrogen and oxygen atoms in total. The van der Waals surface area contributed by atoms with Crippen LogP contribution >= 0.6 is 0 Å². The first-order chi connectivity index (χ1) is 9.36. The van der Waals surface area contributed by atoms with Gasteiger partial charge in [0.25, 0.3) is 0 Å². The van der Waals surface area contributed by atoms with Crippen LogP contribution in [0.2, 0.25) is 0 Å². The maximum absolute atomic E-state index is 5.18. The van der Waals surface area contributed by atoms with Crippen molar-refractivity contribution >= 4 is 0 Å². The van der Waals surface area contributed by atoms with Gasteiger partial charge in [-0.25, -0.2) is 0 Å². The Labute approximate surface area is 116 Å². The Hall–Kier alpha value is -0.860. The molecule has 19 heavy (non-hydrogen) atoms. The lowest BCUT2D eigenvalue weighted by Crippen LogP contribution is -2.25. The first-order valence-electron chi connectivity index (χ1n) is 7.64. The molecule has 0 heterocycles. The third kappa shape index (κ3) is 3.80. The fourth-order valence-corrected chi connectivity index (χ4v) is 3.15. The summed E-state index contributed by atoms with van der Waals surface area (Å²) in [6.07, 6.45) is 5.91. The second-order valence-corrected chi connectivity index (χ2v) is 6.22. The molecule has 1 aromatic rings. The van der Waals surface area contributed by atoms with E-state index in [0.29, 0.717) is 6.61 Å². The molecule has 0 amide bonds. The predicted molar refractivity (Wildman–Crippen MR) is 77.8 cm³/mol. The van der Waals surface area contributed by atoms with Gasteiger partial charge in [-0.05, 0) is 61.1 Å². The molecule has 2 aliphatic rings. The largest absolute Gasteiger partial charge is 0.380 e. The van der Waals surface area contributed by atoms with E-state index in [1.165, 1.54) is 43.4 Å². The molecule has 0 bridgehead atoms. The van der Waals surface area contributed by atoms with Crippen LogP contribution in [0, 0.1) is 17.8 Å². The Morgan fingerprint density at radius 2 is 1.84 bits per heavy atom. The maximum atomic E-state index is 5.18. The standard InChI is InChI=1S/C17H25NO/c1-19-12-14-4-2-3-13(9-14)10-18-11-17(15-5-6-15)16-7-8-16/h2-4,9,15-18H,5-8,10-12H2,1H3. The number of rotatable bonds is 8. The van der Waals surface area contributed by atoms with E-state index >= 15 is 0 Å². The average molecular weight is 259 g/mol. The van der Waals surface area contributed by atoms with Gasteiger partial charge < -0.3 is 10.1 Å². The van der Waals surface area contributed by atoms with E-state index in [1.807, 2.05) is 0 Å². The fourth-order valence-electron chi connectivity index (χ4n) is 3.15. The quantitative estimate of drug-likeness (QED) is 0.773. The molecule has 3 rings (SSSR count). The minimum Gasteiger partial charge on any atom is -0.380 e. The fraction of sp³-hybridized carbons (Fsp3) is 0.647. The Morgan fingerprint density at radius 3 is 2.47 bits per heavy atom. The number of hydrogen-bond acceptors (Lipinski definition) is 2. The van der Waals surface area contributed by atoms with Crippen molar-refractivity contribution in [3.05, 3.63) is 35.4 Å². The Kier molecular flexibility index (Phi) is 4.19. The number of hydrogen-bond donors (Lipinski definition) is 1. The monoisotopic (exact) mass is 259 g/mol. The first-order valence-corrected chi connectivity index (χ1v) is 7.64. The summed E-state index contributed by atoms with van der Waals surface area (Å²) in [5, 5.41) is 3.67. The predicted octanol–water partition coefficient (Wildman–Crippen LogP) is 3.36. The smallest absolute Gasteiger partial charge is 0.0713 e. The van der Waals surface area contributed by atoms with E-state index in [0.717, 1.165) is 24.3 Å². The average Bonchev–Trinajstić information content (AvgIpc) is 3.28. The normalized spacial score (nSPS) is 19.1. The summed E-state index contributed by atoms with van der Waals surface area (Å²) >= 11 is 0. The molecule has 2 fully saturated rings. The second kappa shape index (κ2) is 6.06. The number of ether oxygens (including phenoxy) is 1. The van der Waals surface area contributed by atoms with Crippen LogP contribution in [0.3, 0.4) is 0 Å². The summed E-state index contributed by atoms with van der Waals surface area (Å²) < 4.78 is 5.18. The summed E-state index contributed by atoms with van der Waals surface area (Å²) in [6.45, 7) is 2.91. The molecular weight excluding hydrogens is 234 g/mol. The van der Waals surface area contributed by atoms with Gasteiger partial charge in [-0.3, -0.25) is 0 Å². The van der Waals surface area contributed by atoms with Gasteiger partial charge in [-0.1, -0.05) is 24.3 Å². The van der Waals surface area contributed by atoms with E-state index in [9.17, 15) is 0 Å². The van der Waals surface area contributed by atoms with Crippen molar-refractivity contribution in [2.24, 2.45) is 17.8 Å². The van der Waals surface area contributed by atoms with Crippen molar-refractivity contribution in [1.29, 1.82) is 0 Å². The molecule has 1 aromatic carbocycles. The SMILES string of the molecule is COCc1cccc(CNCC(C2CC2)C2CC2)c1. The minimum atomic E-state index is 0.709. The van der Waals surface area contributed by atoms with Crippen LogP contribution in [0.1, 0.15) is 36.8 Å². The van der Waals surface area contributed by atoms with Gasteiger partial charge in [0, 0.05) is 13.7 Å². The second-order valence-electron chi connectivity index (χ2n) is 6.22. The van der Waals surface area contributed by atoms with Crippen molar-refractivity contribution in [2.45, 2.75) is 38.8 Å². The molecule has 1 N–H and O–H groups in total. The molecule has 0 unspecified atom stereocenters. The van der Waals surface area contributed by atoms with Crippen molar-refractivity contribution in [3.8, 4) is 0 Å². The van der Waals surface area contributed by atoms with Gasteiger partial charge >= 0.3 is 0 Å². The van der Waals surface area contributed by atoms with Crippen LogP contribution in [0.4, 0.5) is 0 Å². The van der Waals surface area contributed by atoms with Crippen molar-refractivity contribution in [3.63, 3.8) is 0 Å². The van der Waals surface area contributed by atoms with Crippen molar-refractivity contribution in [1.82, 2.24) is 5.32 Å². The summed E-state index contributed by atoms with van der Waals surface area (Å²) in [4.78, 5) is 0. The van der Waals surface area contributed by atoms with Crippen LogP contribution in [0.25, 0.3) is 0 Å². The molecule has 0 aromatic heterocycles. The molecule has 0 atom stereocenters. The Bertz CT molecular complexity index is 397. The zero-order valence-corrected chi connectivity index (χ0v) is 11.9. The maximum Gasteiger partial charge on any atom is 0.0713 e. The third-order valence-electron chi connectivity index (χ3n) is 4.47. The molecule has 2 aliphatic carbocycles. The molecule has 0 aliphatic heterocycles. The van der Waals surface area contributed by atoms with E-state index in [2.05, 4.69) is 29.6 Å². The van der Waals surface area contributed by atoms with Gasteiger partial charge in [0.15, 0.2) is 0 Å². The van der Waals surface area contributed by atoms with Crippen LogP contribution < -0.4 is 5.32 Å². The minimum absolute atomic E-state index is 0.709. The Balaban J connectivity index is 1.47. The summed E-state index contributed by atoms with van der Waals surface area (Å²) in [7, 11) is 1.75. The molecule has 0 spiro atoms. The summed E-state index contributed by atoms with van der Waals surface area (Å²) in [5.41, 5.74) is 2.64. The summed E-state index contributed by atoms with van der Waals surface area (Å²) in [6, 6.07) is 8.71. The van der Waals surface area contributed by atoms with Crippen molar-refractivity contribution < 1.29 is 4.74 Å². The number of benzene rings is 1. The van der Waals surface area contributed by atoms with E-state index in [4.69, 9.17) is 4.74 Å². The topological polar surface area (TPSA) is 21.3 Å². The zero-order valence-electron chi connectivity index (χ0n) is 11.9. The highest BCUT2D eigenvalue weighted by Gasteiger charge is 2.40. The highest BCUT2D eigenvalue weighted by atomic mass is 16.5. The molecule has 2 saturated carbocycles. The molecule has 104 valence electrons. The molecular formula is C17H25NO. The summed E-state index contributed by atoms with van der Waals surface area (Å²) in [5.74, 6) is 3.04. The molecule has 2 heteroatoms. The first kappa shape index (κ1) is 13.1. The van der Waals surface area contributed by atoms with E-state index in [-0.39, 0.29) is 0 Å². The van der Waals surface area contributed by atoms with Crippen LogP contribution in [-0.4, -0.2) is 13.7 Å². The molecule has 0 saturated heterocycles. The van der Waals surface area contributed by atoms with Gasteiger partial charge in [0.1, 0.15) is 0 Å². The van der Waals surface area contributed by atoms with Crippen LogP contribution in [0.5, 0.6) is 0 Å². The van der Waals surface area contributed by atoms with Crippen molar-refractivity contribution in [2.75, 3.05) is 13.7 Å². The van der Waals surface area contributed by atoms with Gasteiger partial charge in [0.05, 0.1) is 6.61 Å². The molecule has 0 radical (unpaired) electrons. The van der Waals surface area contributed by atoms with E-state index in [1.54, 1.807) is 7.11 Å². The third-order valence-corrected chi connectivity index (χ3v) is 4.47. The van der Waals surface area contributed by atoms with Gasteiger partial charge in [-0.15, -0.1) is 0 Å². The lowest BCUT2D eigenvalue weighted by Gasteiger charge is -2.16. The zero-order chi connectivity index (χ0) is 13.1. The van der Waals surface area contributed by atoms with Gasteiger partial charge in [0.2, 0.25) is 0 Å². The van der Waals surface area contributed by atoms with Crippen LogP contribution in [-0.2, 0) is 17.9 Å². The number of methoxy groups -OCH3 is 1. The number of nitrogens with one attached hydrogen (secondary N) is 1. The highest BCUT2D eigenvalue weighted by Crippen LogP contribution is 2.48. The lowest BCUT2D eigenvalue weighted by molar-refractivity contribution is 0.185. The van der Waals surface area contributed by atoms with E-state index < -0.39 is 0 Å². The highest BCUT2D eigenvalue weighted by molar-refractivity contribution is 5.22. The van der Waals surface area contributed by atoms with Crippen LogP contribution in [0.15, 0.2) is 24.3 Å². The van der Waals surface area contributed by atoms with Gasteiger partial charge in [-0.2, -0.15) is 0 Å².